The zero-order valence-electron chi connectivity index (χ0n) is 26.5. The molecule has 0 saturated heterocycles. The predicted molar refractivity (Wildman–Crippen MR) is 200 cm³/mol. The van der Waals surface area contributed by atoms with Crippen LogP contribution in [0.15, 0.2) is 180 Å². The van der Waals surface area contributed by atoms with Crippen LogP contribution >= 0.6 is 0 Å². The molecule has 9 aromatic rings. The van der Waals surface area contributed by atoms with Crippen molar-refractivity contribution in [3.05, 3.63) is 176 Å². The van der Waals surface area contributed by atoms with E-state index in [0.717, 1.165) is 55.3 Å². The van der Waals surface area contributed by atoms with Gasteiger partial charge in [0.15, 0.2) is 17.5 Å². The van der Waals surface area contributed by atoms with Crippen LogP contribution < -0.4 is 0 Å². The van der Waals surface area contributed by atoms with Crippen LogP contribution in [0.25, 0.3) is 89.5 Å². The van der Waals surface area contributed by atoms with Gasteiger partial charge in [0.2, 0.25) is 0 Å². The lowest BCUT2D eigenvalue weighted by Gasteiger charge is -2.08. The van der Waals surface area contributed by atoms with Gasteiger partial charge in [0, 0.05) is 33.0 Å². The molecule has 7 aromatic carbocycles. The number of rotatable bonds is 6. The average molecular weight is 628 g/mol. The smallest absolute Gasteiger partial charge is 0.164 e. The zero-order valence-corrected chi connectivity index (χ0v) is 26.5. The molecule has 0 unspecified atom stereocenters. The molecule has 4 heteroatoms. The van der Waals surface area contributed by atoms with Crippen LogP contribution in [0.2, 0.25) is 0 Å². The third-order valence-corrected chi connectivity index (χ3v) is 8.96. The molecule has 0 aliphatic carbocycles. The van der Waals surface area contributed by atoms with Crippen molar-refractivity contribution in [1.29, 1.82) is 0 Å². The standard InChI is InChI=1S/C45H29N3O/c1-4-12-30(13-5-1)31-22-24-32(25-23-31)35-18-10-19-36(28-35)38-20-11-21-40-39-27-26-37(29-41(39)49-42(38)40)45-47-43(33-14-6-2-7-15-33)46-44(48-45)34-16-8-3-9-17-34/h1-29H. The lowest BCUT2D eigenvalue weighted by Crippen LogP contribution is -2.00. The Morgan fingerprint density at radius 3 is 1.41 bits per heavy atom. The van der Waals surface area contributed by atoms with E-state index in [0.29, 0.717) is 17.5 Å². The molecule has 0 saturated carbocycles. The maximum Gasteiger partial charge on any atom is 0.164 e. The molecule has 0 radical (unpaired) electrons. The summed E-state index contributed by atoms with van der Waals surface area (Å²) in [5.74, 6) is 1.86. The van der Waals surface area contributed by atoms with Crippen LogP contribution in [0, 0.1) is 0 Å². The Hall–Kier alpha value is -6.65. The molecular weight excluding hydrogens is 599 g/mol. The van der Waals surface area contributed by atoms with E-state index in [4.69, 9.17) is 19.4 Å². The monoisotopic (exact) mass is 627 g/mol. The van der Waals surface area contributed by atoms with Crippen LogP contribution in [0.4, 0.5) is 0 Å². The lowest BCUT2D eigenvalue weighted by molar-refractivity contribution is 0.670. The van der Waals surface area contributed by atoms with Crippen molar-refractivity contribution in [2.24, 2.45) is 0 Å². The van der Waals surface area contributed by atoms with Crippen LogP contribution in [0.3, 0.4) is 0 Å². The molecule has 0 aliphatic heterocycles. The van der Waals surface area contributed by atoms with Crippen LogP contribution in [0.5, 0.6) is 0 Å². The summed E-state index contributed by atoms with van der Waals surface area (Å²) >= 11 is 0. The van der Waals surface area contributed by atoms with Gasteiger partial charge in [0.25, 0.3) is 0 Å². The molecular formula is C45H29N3O. The molecule has 0 amide bonds. The van der Waals surface area contributed by atoms with Crippen LogP contribution in [-0.2, 0) is 0 Å². The van der Waals surface area contributed by atoms with Crippen molar-refractivity contribution >= 4 is 21.9 Å². The fraction of sp³-hybridized carbons (Fsp3) is 0. The summed E-state index contributed by atoms with van der Waals surface area (Å²) in [5.41, 5.74) is 11.3. The van der Waals surface area contributed by atoms with E-state index >= 15 is 0 Å². The summed E-state index contributed by atoms with van der Waals surface area (Å²) in [6.45, 7) is 0. The largest absolute Gasteiger partial charge is 0.455 e. The maximum absolute atomic E-state index is 6.67. The van der Waals surface area contributed by atoms with E-state index in [1.807, 2.05) is 72.8 Å². The summed E-state index contributed by atoms with van der Waals surface area (Å²) in [5, 5.41) is 2.12. The summed E-state index contributed by atoms with van der Waals surface area (Å²) < 4.78 is 6.67. The van der Waals surface area contributed by atoms with Crippen molar-refractivity contribution < 1.29 is 4.42 Å². The second-order valence-electron chi connectivity index (χ2n) is 12.1. The van der Waals surface area contributed by atoms with Gasteiger partial charge in [-0.25, -0.2) is 15.0 Å². The fourth-order valence-corrected chi connectivity index (χ4v) is 6.45. The highest BCUT2D eigenvalue weighted by atomic mass is 16.3. The van der Waals surface area contributed by atoms with Gasteiger partial charge in [0.1, 0.15) is 11.2 Å². The molecule has 49 heavy (non-hydrogen) atoms. The molecule has 0 aliphatic rings. The molecule has 230 valence electrons. The van der Waals surface area contributed by atoms with Gasteiger partial charge >= 0.3 is 0 Å². The highest BCUT2D eigenvalue weighted by Gasteiger charge is 2.16. The number of aromatic nitrogens is 3. The third-order valence-electron chi connectivity index (χ3n) is 8.96. The Morgan fingerprint density at radius 1 is 0.306 bits per heavy atom. The predicted octanol–water partition coefficient (Wildman–Crippen LogP) is 11.8. The van der Waals surface area contributed by atoms with Crippen LogP contribution in [-0.4, -0.2) is 15.0 Å². The summed E-state index contributed by atoms with van der Waals surface area (Å²) in [4.78, 5) is 14.7. The van der Waals surface area contributed by atoms with E-state index in [-0.39, 0.29) is 0 Å². The van der Waals surface area contributed by atoms with E-state index in [1.54, 1.807) is 0 Å². The number of furan rings is 1. The molecule has 0 fully saturated rings. The molecule has 0 spiro atoms. The summed E-state index contributed by atoms with van der Waals surface area (Å²) in [6, 6.07) is 60.5. The SMILES string of the molecule is c1ccc(-c2ccc(-c3cccc(-c4cccc5c4oc4cc(-c6nc(-c7ccccc7)nc(-c7ccccc7)n6)ccc45)c3)cc2)cc1. The highest BCUT2D eigenvalue weighted by molar-refractivity contribution is 6.10. The molecule has 4 nitrogen and oxygen atoms in total. The lowest BCUT2D eigenvalue weighted by atomic mass is 9.96. The van der Waals surface area contributed by atoms with E-state index < -0.39 is 0 Å². The number of nitrogens with zero attached hydrogens (tertiary/aromatic N) is 3. The normalized spacial score (nSPS) is 11.3. The van der Waals surface area contributed by atoms with E-state index in [9.17, 15) is 0 Å². The van der Waals surface area contributed by atoms with Gasteiger partial charge < -0.3 is 4.42 Å². The minimum atomic E-state index is 0.598. The van der Waals surface area contributed by atoms with Crippen molar-refractivity contribution in [2.75, 3.05) is 0 Å². The minimum absolute atomic E-state index is 0.598. The van der Waals surface area contributed by atoms with Crippen molar-refractivity contribution in [2.45, 2.75) is 0 Å². The van der Waals surface area contributed by atoms with Gasteiger partial charge in [-0.1, -0.05) is 158 Å². The molecule has 9 rings (SSSR count). The Morgan fingerprint density at radius 2 is 0.776 bits per heavy atom. The molecule has 0 bridgehead atoms. The van der Waals surface area contributed by atoms with Crippen molar-refractivity contribution in [3.63, 3.8) is 0 Å². The average Bonchev–Trinajstić information content (AvgIpc) is 3.57. The summed E-state index contributed by atoms with van der Waals surface area (Å²) in [7, 11) is 0. The van der Waals surface area contributed by atoms with E-state index in [1.165, 1.54) is 16.7 Å². The first-order valence-corrected chi connectivity index (χ1v) is 16.4. The first-order valence-electron chi connectivity index (χ1n) is 16.4. The minimum Gasteiger partial charge on any atom is -0.455 e. The highest BCUT2D eigenvalue weighted by Crippen LogP contribution is 2.38. The maximum atomic E-state index is 6.67. The molecule has 2 aromatic heterocycles. The Labute approximate surface area is 284 Å². The molecule has 0 N–H and O–H groups in total. The second kappa shape index (κ2) is 12.2. The van der Waals surface area contributed by atoms with Gasteiger partial charge in [-0.3, -0.25) is 0 Å². The second-order valence-corrected chi connectivity index (χ2v) is 12.1. The topological polar surface area (TPSA) is 51.8 Å². The van der Waals surface area contributed by atoms with Gasteiger partial charge in [-0.15, -0.1) is 0 Å². The number of hydrogen-bond donors (Lipinski definition) is 0. The van der Waals surface area contributed by atoms with Gasteiger partial charge in [-0.2, -0.15) is 0 Å². The Kier molecular flexibility index (Phi) is 7.10. The van der Waals surface area contributed by atoms with Crippen molar-refractivity contribution in [1.82, 2.24) is 15.0 Å². The fourth-order valence-electron chi connectivity index (χ4n) is 6.45. The van der Waals surface area contributed by atoms with Gasteiger partial charge in [0.05, 0.1) is 0 Å². The van der Waals surface area contributed by atoms with Gasteiger partial charge in [-0.05, 0) is 46.0 Å². The number of para-hydroxylation sites is 1. The van der Waals surface area contributed by atoms with Crippen LogP contribution in [0.1, 0.15) is 0 Å². The number of fused-ring (bicyclic) bond motifs is 3. The van der Waals surface area contributed by atoms with E-state index in [2.05, 4.69) is 103 Å². The van der Waals surface area contributed by atoms with Crippen molar-refractivity contribution in [3.8, 4) is 67.5 Å². The first-order chi connectivity index (χ1) is 24.3. The quantitative estimate of drug-likeness (QED) is 0.184. The summed E-state index contributed by atoms with van der Waals surface area (Å²) in [6.07, 6.45) is 0. The molecule has 0 atom stereocenters. The Bertz CT molecular complexity index is 2520. The number of benzene rings is 7. The molecule has 2 heterocycles. The zero-order chi connectivity index (χ0) is 32.6. The first kappa shape index (κ1) is 28.6. The Balaban J connectivity index is 1.11. The third kappa shape index (κ3) is 5.45. The number of hydrogen-bond acceptors (Lipinski definition) is 4.